The van der Waals surface area contributed by atoms with Gasteiger partial charge in [-0.25, -0.2) is 4.98 Å². The van der Waals surface area contributed by atoms with Crippen molar-refractivity contribution in [1.82, 2.24) is 4.98 Å². The predicted molar refractivity (Wildman–Crippen MR) is 75.5 cm³/mol. The molecule has 0 saturated carbocycles. The molecule has 0 unspecified atom stereocenters. The largest absolute Gasteiger partial charge is 0.383 e. The Morgan fingerprint density at radius 1 is 1.12 bits per heavy atom. The lowest BCUT2D eigenvalue weighted by molar-refractivity contribution is 1.42. The van der Waals surface area contributed by atoms with Crippen molar-refractivity contribution >= 4 is 13.9 Å². The van der Waals surface area contributed by atoms with E-state index in [9.17, 15) is 0 Å². The fourth-order valence-electron chi connectivity index (χ4n) is 1.55. The highest BCUT2D eigenvalue weighted by Crippen LogP contribution is 2.28. The summed E-state index contributed by atoms with van der Waals surface area (Å²) in [6.07, 6.45) is 0. The van der Waals surface area contributed by atoms with Crippen molar-refractivity contribution in [2.45, 2.75) is 19.6 Å². The van der Waals surface area contributed by atoms with Crippen molar-refractivity contribution in [2.75, 3.05) is 5.73 Å². The summed E-state index contributed by atoms with van der Waals surface area (Å²) in [6.45, 7) is 6.65. The standard InChI is InChI=1S/C14H16N2Si/c1-17(2,3)10-9-12-11-7-5-4-6-8-13(11)16-14(12)15/h4-8H,1-3H3,(H2,15,16). The third kappa shape index (κ3) is 2.66. The number of fused-ring (bicyclic) bond motifs is 1. The minimum atomic E-state index is -1.39. The lowest BCUT2D eigenvalue weighted by Gasteiger charge is -2.03. The molecule has 0 atom stereocenters. The molecular weight excluding hydrogens is 224 g/mol. The predicted octanol–water partition coefficient (Wildman–Crippen LogP) is 3.00. The van der Waals surface area contributed by atoms with Crippen molar-refractivity contribution < 1.29 is 0 Å². The fraction of sp³-hybridized carbons (Fsp3) is 0.214. The normalized spacial score (nSPS) is 11.0. The first-order valence-corrected chi connectivity index (χ1v) is 9.15. The molecule has 0 radical (unpaired) electrons. The first-order chi connectivity index (χ1) is 7.97. The zero-order valence-electron chi connectivity index (χ0n) is 10.4. The summed E-state index contributed by atoms with van der Waals surface area (Å²) in [7, 11) is -1.39. The molecule has 0 amide bonds. The molecule has 3 heteroatoms. The molecule has 0 fully saturated rings. The number of nitrogens with zero attached hydrogens (tertiary/aromatic N) is 1. The van der Waals surface area contributed by atoms with Crippen LogP contribution >= 0.6 is 0 Å². The van der Waals surface area contributed by atoms with Crippen LogP contribution in [0.25, 0.3) is 11.3 Å². The Hall–Kier alpha value is -1.79. The minimum absolute atomic E-state index is 0.539. The Morgan fingerprint density at radius 3 is 2.53 bits per heavy atom. The van der Waals surface area contributed by atoms with Gasteiger partial charge in [0.15, 0.2) is 0 Å². The van der Waals surface area contributed by atoms with Gasteiger partial charge in [0.25, 0.3) is 0 Å². The van der Waals surface area contributed by atoms with Gasteiger partial charge in [-0.05, 0) is 6.07 Å². The quantitative estimate of drug-likeness (QED) is 0.568. The molecular formula is C14H16N2Si. The van der Waals surface area contributed by atoms with Gasteiger partial charge in [-0.2, -0.15) is 0 Å². The molecule has 2 nitrogen and oxygen atoms in total. The van der Waals surface area contributed by atoms with Gasteiger partial charge >= 0.3 is 0 Å². The summed E-state index contributed by atoms with van der Waals surface area (Å²) in [5, 5.41) is 0. The topological polar surface area (TPSA) is 38.9 Å². The van der Waals surface area contributed by atoms with E-state index < -0.39 is 8.07 Å². The maximum Gasteiger partial charge on any atom is 0.140 e. The molecule has 0 aromatic rings. The molecule has 0 aromatic heterocycles. The molecule has 1 aliphatic carbocycles. The molecule has 17 heavy (non-hydrogen) atoms. The Kier molecular flexibility index (Phi) is 2.91. The monoisotopic (exact) mass is 240 g/mol. The van der Waals surface area contributed by atoms with Crippen LogP contribution in [0.5, 0.6) is 0 Å². The van der Waals surface area contributed by atoms with E-state index in [2.05, 4.69) is 36.1 Å². The van der Waals surface area contributed by atoms with E-state index in [0.717, 1.165) is 16.8 Å². The number of hydrogen-bond donors (Lipinski definition) is 1. The van der Waals surface area contributed by atoms with Gasteiger partial charge in [0, 0.05) is 5.56 Å². The van der Waals surface area contributed by atoms with Crippen molar-refractivity contribution in [3.05, 3.63) is 35.9 Å². The van der Waals surface area contributed by atoms with Gasteiger partial charge in [0.1, 0.15) is 13.9 Å². The van der Waals surface area contributed by atoms with Gasteiger partial charge in [-0.1, -0.05) is 49.8 Å². The van der Waals surface area contributed by atoms with Gasteiger partial charge in [0.2, 0.25) is 0 Å². The molecule has 86 valence electrons. The van der Waals surface area contributed by atoms with E-state index in [4.69, 9.17) is 5.73 Å². The Bertz CT molecular complexity index is 573. The summed E-state index contributed by atoms with van der Waals surface area (Å²) in [4.78, 5) is 4.34. The number of aromatic nitrogens is 1. The summed E-state index contributed by atoms with van der Waals surface area (Å²) in [6, 6.07) is 9.92. The van der Waals surface area contributed by atoms with Crippen LogP contribution in [0, 0.1) is 11.5 Å². The molecule has 2 N–H and O–H groups in total. The second-order valence-corrected chi connectivity index (χ2v) is 9.83. The van der Waals surface area contributed by atoms with E-state index >= 15 is 0 Å². The average Bonchev–Trinajstić information content (AvgIpc) is 2.39. The highest BCUT2D eigenvalue weighted by atomic mass is 28.3. The molecule has 0 bridgehead atoms. The van der Waals surface area contributed by atoms with Crippen LogP contribution in [-0.2, 0) is 0 Å². The van der Waals surface area contributed by atoms with Crippen molar-refractivity contribution in [1.29, 1.82) is 0 Å². The molecule has 1 heterocycles. The summed E-state index contributed by atoms with van der Waals surface area (Å²) in [5.74, 6) is 3.75. The Morgan fingerprint density at radius 2 is 1.82 bits per heavy atom. The molecule has 0 spiro atoms. The van der Waals surface area contributed by atoms with E-state index in [0.29, 0.717) is 5.82 Å². The number of rotatable bonds is 0. The summed E-state index contributed by atoms with van der Waals surface area (Å²) in [5.41, 5.74) is 12.1. The smallest absolute Gasteiger partial charge is 0.140 e. The number of nitrogen functional groups attached to an aromatic ring is 1. The Labute approximate surface area is 103 Å². The van der Waals surface area contributed by atoms with Crippen molar-refractivity contribution in [2.24, 2.45) is 0 Å². The molecule has 0 saturated heterocycles. The summed E-state index contributed by atoms with van der Waals surface area (Å²) < 4.78 is 0. The maximum absolute atomic E-state index is 5.93. The van der Waals surface area contributed by atoms with Gasteiger partial charge < -0.3 is 5.73 Å². The van der Waals surface area contributed by atoms with Crippen LogP contribution in [0.3, 0.4) is 0 Å². The highest BCUT2D eigenvalue weighted by Gasteiger charge is 2.14. The average molecular weight is 240 g/mol. The zero-order chi connectivity index (χ0) is 12.5. The summed E-state index contributed by atoms with van der Waals surface area (Å²) >= 11 is 0. The van der Waals surface area contributed by atoms with E-state index in [1.165, 1.54) is 0 Å². The van der Waals surface area contributed by atoms with Crippen LogP contribution in [0.2, 0.25) is 19.6 Å². The molecule has 2 rings (SSSR count). The van der Waals surface area contributed by atoms with Crippen LogP contribution in [0.4, 0.5) is 5.82 Å². The van der Waals surface area contributed by atoms with Crippen LogP contribution in [0.15, 0.2) is 30.3 Å². The zero-order valence-corrected chi connectivity index (χ0v) is 11.4. The molecule has 1 aliphatic heterocycles. The SMILES string of the molecule is C[Si](C)(C)C#Cc1c2cccccc-2nc1N. The number of nitrogens with two attached hydrogens (primary N) is 1. The van der Waals surface area contributed by atoms with E-state index in [-0.39, 0.29) is 0 Å². The lowest BCUT2D eigenvalue weighted by Crippen LogP contribution is -2.16. The lowest BCUT2D eigenvalue weighted by atomic mass is 10.1. The van der Waals surface area contributed by atoms with Crippen molar-refractivity contribution in [3.8, 4) is 22.7 Å². The first kappa shape index (κ1) is 11.7. The van der Waals surface area contributed by atoms with Gasteiger partial charge in [0.05, 0.1) is 11.3 Å². The van der Waals surface area contributed by atoms with E-state index in [1.807, 2.05) is 30.3 Å². The molecule has 2 aliphatic rings. The maximum atomic E-state index is 5.93. The van der Waals surface area contributed by atoms with Gasteiger partial charge in [-0.3, -0.25) is 0 Å². The molecule has 0 aromatic carbocycles. The highest BCUT2D eigenvalue weighted by molar-refractivity contribution is 6.83. The van der Waals surface area contributed by atoms with Crippen LogP contribution < -0.4 is 5.73 Å². The third-order valence-corrected chi connectivity index (χ3v) is 3.22. The van der Waals surface area contributed by atoms with Gasteiger partial charge in [-0.15, -0.1) is 5.54 Å². The third-order valence-electron chi connectivity index (χ3n) is 2.34. The number of anilines is 1. The van der Waals surface area contributed by atoms with Crippen LogP contribution in [0.1, 0.15) is 5.56 Å². The second-order valence-electron chi connectivity index (χ2n) is 5.08. The van der Waals surface area contributed by atoms with Crippen molar-refractivity contribution in [3.63, 3.8) is 0 Å². The second kappa shape index (κ2) is 4.23. The Balaban J connectivity index is 2.57. The fourth-order valence-corrected chi connectivity index (χ4v) is 2.05. The van der Waals surface area contributed by atoms with E-state index in [1.54, 1.807) is 0 Å². The first-order valence-electron chi connectivity index (χ1n) is 5.65. The number of hydrogen-bond acceptors (Lipinski definition) is 2. The minimum Gasteiger partial charge on any atom is -0.383 e. The van der Waals surface area contributed by atoms with Crippen LogP contribution in [-0.4, -0.2) is 13.1 Å².